The maximum Gasteiger partial charge on any atom is 0.282 e. The van der Waals surface area contributed by atoms with Crippen molar-refractivity contribution in [3.05, 3.63) is 81.5 Å². The van der Waals surface area contributed by atoms with E-state index in [4.69, 9.17) is 4.42 Å². The number of rotatable bonds is 4. The molecule has 1 saturated heterocycles. The van der Waals surface area contributed by atoms with Gasteiger partial charge in [0.25, 0.3) is 11.8 Å². The first-order valence-electron chi connectivity index (χ1n) is 8.88. The highest BCUT2D eigenvalue weighted by Crippen LogP contribution is 2.29. The summed E-state index contributed by atoms with van der Waals surface area (Å²) in [6.45, 7) is 1.88. The molecule has 1 aliphatic heterocycles. The second-order valence-corrected chi connectivity index (χ2v) is 7.57. The van der Waals surface area contributed by atoms with E-state index in [0.717, 1.165) is 5.56 Å². The van der Waals surface area contributed by atoms with Crippen molar-refractivity contribution in [1.82, 2.24) is 5.43 Å². The number of aryl methyl sites for hydroxylation is 1. The van der Waals surface area contributed by atoms with Crippen molar-refractivity contribution in [2.24, 2.45) is 0 Å². The number of hydrogen-bond acceptors (Lipinski definition) is 5. The summed E-state index contributed by atoms with van der Waals surface area (Å²) in [7, 11) is 0. The van der Waals surface area contributed by atoms with Crippen LogP contribution in [0.1, 0.15) is 21.7 Å². The number of nitrogens with one attached hydrogen (secondary N) is 1. The third kappa shape index (κ3) is 3.65. The van der Waals surface area contributed by atoms with Gasteiger partial charge in [0.15, 0.2) is 0 Å². The maximum absolute atomic E-state index is 12.7. The van der Waals surface area contributed by atoms with Gasteiger partial charge in [-0.3, -0.25) is 15.0 Å². The Bertz CT molecular complexity index is 1230. The van der Waals surface area contributed by atoms with E-state index in [9.17, 15) is 19.5 Å². The molecule has 0 radical (unpaired) electrons. The van der Waals surface area contributed by atoms with E-state index in [2.05, 4.69) is 21.4 Å². The zero-order valence-electron chi connectivity index (χ0n) is 15.6. The number of halogens is 1. The highest BCUT2D eigenvalue weighted by molar-refractivity contribution is 9.10. The Morgan fingerprint density at radius 1 is 1.13 bits per heavy atom. The van der Waals surface area contributed by atoms with Crippen molar-refractivity contribution in [3.63, 3.8) is 0 Å². The Balaban J connectivity index is 1.66. The fourth-order valence-corrected chi connectivity index (χ4v) is 3.48. The minimum absolute atomic E-state index is 0.0433. The summed E-state index contributed by atoms with van der Waals surface area (Å²) in [5.41, 5.74) is 4.21. The summed E-state index contributed by atoms with van der Waals surface area (Å²) >= 11 is 3.23. The molecule has 1 aliphatic rings. The van der Waals surface area contributed by atoms with E-state index in [1.165, 1.54) is 17.2 Å². The molecule has 0 unspecified atom stereocenters. The van der Waals surface area contributed by atoms with Crippen LogP contribution in [0.4, 0.5) is 5.69 Å². The summed E-state index contributed by atoms with van der Waals surface area (Å²) in [6.07, 6.45) is 1.33. The molecule has 1 aromatic heterocycles. The van der Waals surface area contributed by atoms with Gasteiger partial charge in [0, 0.05) is 15.6 Å². The fraction of sp³-hybridized carbons (Fsp3) is 0.0455. The number of carbonyl (C=O) groups excluding carboxylic acids is 3. The number of carboxylic acid groups (broad SMARTS) is 1. The lowest BCUT2D eigenvalue weighted by Gasteiger charge is -2.14. The molecule has 4 rings (SSSR count). The predicted octanol–water partition coefficient (Wildman–Crippen LogP) is 2.84. The molecule has 0 atom stereocenters. The lowest BCUT2D eigenvalue weighted by Crippen LogP contribution is -2.35. The minimum atomic E-state index is -1.35. The van der Waals surface area contributed by atoms with Gasteiger partial charge in [0.05, 0.1) is 11.7 Å². The fourth-order valence-electron chi connectivity index (χ4n) is 3.12. The largest absolute Gasteiger partial charge is 0.545 e. The number of aromatic carboxylic acids is 1. The smallest absolute Gasteiger partial charge is 0.282 e. The second-order valence-electron chi connectivity index (χ2n) is 6.66. The number of hydrazine groups is 1. The third-order valence-corrected chi connectivity index (χ3v) is 5.02. The van der Waals surface area contributed by atoms with Crippen LogP contribution in [0.5, 0.6) is 0 Å². The van der Waals surface area contributed by atoms with Crippen molar-refractivity contribution in [2.45, 2.75) is 6.92 Å². The van der Waals surface area contributed by atoms with Gasteiger partial charge in [-0.15, -0.1) is 0 Å². The quantitative estimate of drug-likeness (QED) is 0.471. The molecule has 150 valence electrons. The van der Waals surface area contributed by atoms with Crippen molar-refractivity contribution in [3.8, 4) is 11.3 Å². The number of benzene rings is 2. The molecule has 2 heterocycles. The number of carboxylic acids is 1. The molecule has 2 aromatic carbocycles. The molecular weight excluding hydrogens is 452 g/mol. The SMILES string of the molecule is Cc1cccc(N2NC(=O)/C(=C/c3ccc(-c4ccc(Br)cc4C(=O)[O-])o3)C2=O)c1. The molecule has 30 heavy (non-hydrogen) atoms. The summed E-state index contributed by atoms with van der Waals surface area (Å²) in [6, 6.07) is 15.0. The second kappa shape index (κ2) is 7.64. The van der Waals surface area contributed by atoms with Crippen LogP contribution in [0.2, 0.25) is 0 Å². The molecule has 0 aliphatic carbocycles. The third-order valence-electron chi connectivity index (χ3n) is 4.53. The monoisotopic (exact) mass is 465 g/mol. The molecule has 0 bridgehead atoms. The Hall–Kier alpha value is -3.65. The van der Waals surface area contributed by atoms with E-state index in [1.807, 2.05) is 13.0 Å². The van der Waals surface area contributed by atoms with Crippen LogP contribution in [0.3, 0.4) is 0 Å². The summed E-state index contributed by atoms with van der Waals surface area (Å²) in [5.74, 6) is -1.90. The van der Waals surface area contributed by atoms with Gasteiger partial charge >= 0.3 is 0 Å². The van der Waals surface area contributed by atoms with Gasteiger partial charge < -0.3 is 14.3 Å². The van der Waals surface area contributed by atoms with E-state index >= 15 is 0 Å². The number of anilines is 1. The van der Waals surface area contributed by atoms with Crippen LogP contribution in [0.25, 0.3) is 17.4 Å². The van der Waals surface area contributed by atoms with Crippen LogP contribution < -0.4 is 15.5 Å². The van der Waals surface area contributed by atoms with Gasteiger partial charge in [0.1, 0.15) is 17.1 Å². The number of nitrogens with zero attached hydrogens (tertiary/aromatic N) is 1. The van der Waals surface area contributed by atoms with Crippen LogP contribution in [-0.2, 0) is 9.59 Å². The molecule has 1 fully saturated rings. The van der Waals surface area contributed by atoms with E-state index in [1.54, 1.807) is 42.5 Å². The lowest BCUT2D eigenvalue weighted by atomic mass is 10.1. The van der Waals surface area contributed by atoms with E-state index < -0.39 is 17.8 Å². The van der Waals surface area contributed by atoms with Gasteiger partial charge in [-0.25, -0.2) is 5.01 Å². The van der Waals surface area contributed by atoms with Crippen molar-refractivity contribution in [2.75, 3.05) is 5.01 Å². The van der Waals surface area contributed by atoms with Crippen LogP contribution in [-0.4, -0.2) is 17.8 Å². The zero-order valence-corrected chi connectivity index (χ0v) is 17.2. The molecular formula is C22H14BrN2O5-. The van der Waals surface area contributed by atoms with Crippen LogP contribution >= 0.6 is 15.9 Å². The van der Waals surface area contributed by atoms with Crippen LogP contribution in [0.15, 0.2) is 69.1 Å². The number of carbonyl (C=O) groups is 3. The van der Waals surface area contributed by atoms with Crippen LogP contribution in [0, 0.1) is 6.92 Å². The average molecular weight is 466 g/mol. The zero-order chi connectivity index (χ0) is 21.4. The number of amides is 2. The van der Waals surface area contributed by atoms with E-state index in [-0.39, 0.29) is 22.7 Å². The van der Waals surface area contributed by atoms with E-state index in [0.29, 0.717) is 15.7 Å². The molecule has 1 N–H and O–H groups in total. The molecule has 3 aromatic rings. The maximum atomic E-state index is 12.7. The van der Waals surface area contributed by atoms with Crippen molar-refractivity contribution >= 4 is 45.5 Å². The Morgan fingerprint density at radius 2 is 1.93 bits per heavy atom. The highest BCUT2D eigenvalue weighted by atomic mass is 79.9. The van der Waals surface area contributed by atoms with Gasteiger partial charge in [-0.05, 0) is 61.0 Å². The highest BCUT2D eigenvalue weighted by Gasteiger charge is 2.34. The first kappa shape index (κ1) is 19.7. The van der Waals surface area contributed by atoms with Gasteiger partial charge in [-0.1, -0.05) is 28.1 Å². The topological polar surface area (TPSA) is 103 Å². The first-order valence-corrected chi connectivity index (χ1v) is 9.67. The summed E-state index contributed by atoms with van der Waals surface area (Å²) in [4.78, 5) is 36.5. The predicted molar refractivity (Wildman–Crippen MR) is 111 cm³/mol. The Labute approximate surface area is 179 Å². The normalized spacial score (nSPS) is 15.0. The number of furan rings is 1. The Kier molecular flexibility index (Phi) is 5.01. The van der Waals surface area contributed by atoms with Gasteiger partial charge in [0.2, 0.25) is 0 Å². The first-order chi connectivity index (χ1) is 14.3. The molecule has 0 saturated carbocycles. The Morgan fingerprint density at radius 3 is 2.67 bits per heavy atom. The molecule has 8 heteroatoms. The lowest BCUT2D eigenvalue weighted by molar-refractivity contribution is -0.255. The minimum Gasteiger partial charge on any atom is -0.545 e. The van der Waals surface area contributed by atoms with Crippen molar-refractivity contribution < 1.29 is 23.9 Å². The van der Waals surface area contributed by atoms with Gasteiger partial charge in [-0.2, -0.15) is 0 Å². The molecule has 7 nitrogen and oxygen atoms in total. The molecule has 0 spiro atoms. The summed E-state index contributed by atoms with van der Waals surface area (Å²) < 4.78 is 6.27. The average Bonchev–Trinajstić information content (AvgIpc) is 3.28. The summed E-state index contributed by atoms with van der Waals surface area (Å²) in [5, 5.41) is 12.6. The number of hydrogen-bond donors (Lipinski definition) is 1. The standard InChI is InChI=1S/C22H15BrN2O5/c1-12-3-2-4-14(9-12)25-21(27)18(20(26)24-25)11-15-6-8-19(30-15)16-7-5-13(23)10-17(16)22(28)29/h2-11H,1H3,(H,24,26)(H,28,29)/p-1/b18-11-. The molecule has 2 amide bonds. The van der Waals surface area contributed by atoms with Crippen molar-refractivity contribution in [1.29, 1.82) is 0 Å².